The van der Waals surface area contributed by atoms with Crippen LogP contribution in [0.5, 0.6) is 0 Å². The van der Waals surface area contributed by atoms with Gasteiger partial charge in [-0.3, -0.25) is 4.98 Å². The van der Waals surface area contributed by atoms with E-state index in [1.54, 1.807) is 30.5 Å². The predicted molar refractivity (Wildman–Crippen MR) is 76.6 cm³/mol. The fourth-order valence-electron chi connectivity index (χ4n) is 1.93. The zero-order valence-electron chi connectivity index (χ0n) is 11.3. The maximum Gasteiger partial charge on any atom is 0.241 e. The first-order valence-electron chi connectivity index (χ1n) is 6.32. The van der Waals surface area contributed by atoms with Crippen molar-refractivity contribution in [1.82, 2.24) is 9.71 Å². The Morgan fingerprint density at radius 2 is 2.05 bits per heavy atom. The summed E-state index contributed by atoms with van der Waals surface area (Å²) in [6, 6.07) is 6.90. The zero-order valence-corrected chi connectivity index (χ0v) is 12.2. The van der Waals surface area contributed by atoms with Gasteiger partial charge in [0.25, 0.3) is 0 Å². The molecular formula is C14H18N2O2S. The van der Waals surface area contributed by atoms with Gasteiger partial charge in [-0.1, -0.05) is 13.0 Å². The van der Waals surface area contributed by atoms with Crippen LogP contribution in [0.15, 0.2) is 35.4 Å². The first kappa shape index (κ1) is 14.0. The van der Waals surface area contributed by atoms with Crippen LogP contribution < -0.4 is 4.72 Å². The summed E-state index contributed by atoms with van der Waals surface area (Å²) >= 11 is 0. The van der Waals surface area contributed by atoms with Crippen LogP contribution in [0.25, 0.3) is 10.9 Å². The van der Waals surface area contributed by atoms with Crippen molar-refractivity contribution in [3.8, 4) is 0 Å². The Labute approximate surface area is 113 Å². The molecule has 0 aliphatic rings. The molecule has 19 heavy (non-hydrogen) atoms. The Hall–Kier alpha value is -1.46. The average molecular weight is 278 g/mol. The Bertz CT molecular complexity index is 696. The third-order valence-electron chi connectivity index (χ3n) is 3.19. The van der Waals surface area contributed by atoms with Gasteiger partial charge >= 0.3 is 0 Å². The molecule has 0 fully saturated rings. The highest BCUT2D eigenvalue weighted by molar-refractivity contribution is 7.89. The number of hydrogen-bond donors (Lipinski definition) is 1. The molecule has 5 heteroatoms. The molecule has 102 valence electrons. The van der Waals surface area contributed by atoms with Crippen LogP contribution in [0.1, 0.15) is 25.8 Å². The molecule has 0 amide bonds. The molecule has 2 rings (SSSR count). The number of rotatable bonds is 4. The normalized spacial score (nSPS) is 13.6. The molecule has 1 atom stereocenters. The van der Waals surface area contributed by atoms with Gasteiger partial charge in [0.1, 0.15) is 0 Å². The Balaban J connectivity index is 2.60. The van der Waals surface area contributed by atoms with Crippen LogP contribution in [-0.4, -0.2) is 19.4 Å². The van der Waals surface area contributed by atoms with E-state index in [4.69, 9.17) is 0 Å². The number of hydrogen-bond acceptors (Lipinski definition) is 3. The topological polar surface area (TPSA) is 59.1 Å². The lowest BCUT2D eigenvalue weighted by molar-refractivity contribution is 0.556. The largest absolute Gasteiger partial charge is 0.256 e. The second kappa shape index (κ2) is 5.27. The van der Waals surface area contributed by atoms with Gasteiger partial charge in [-0.2, -0.15) is 0 Å². The van der Waals surface area contributed by atoms with Crippen LogP contribution in [0.3, 0.4) is 0 Å². The smallest absolute Gasteiger partial charge is 0.241 e. The molecule has 0 bridgehead atoms. The summed E-state index contributed by atoms with van der Waals surface area (Å²) in [5.74, 6) is 0. The molecule has 0 aliphatic heterocycles. The third kappa shape index (κ3) is 2.77. The van der Waals surface area contributed by atoms with Crippen LogP contribution >= 0.6 is 0 Å². The predicted octanol–water partition coefficient (Wildman–Crippen LogP) is 2.62. The number of nitrogens with zero attached hydrogens (tertiary/aromatic N) is 1. The van der Waals surface area contributed by atoms with E-state index in [0.29, 0.717) is 10.3 Å². The summed E-state index contributed by atoms with van der Waals surface area (Å²) in [5.41, 5.74) is 1.70. The lowest BCUT2D eigenvalue weighted by Crippen LogP contribution is -2.32. The molecule has 1 unspecified atom stereocenters. The number of aromatic nitrogens is 1. The van der Waals surface area contributed by atoms with E-state index < -0.39 is 10.0 Å². The number of fused-ring (bicyclic) bond motifs is 1. The molecule has 0 radical (unpaired) electrons. The van der Waals surface area contributed by atoms with Crippen molar-refractivity contribution >= 4 is 20.9 Å². The molecule has 1 heterocycles. The number of pyridine rings is 1. The Morgan fingerprint density at radius 1 is 1.32 bits per heavy atom. The molecule has 1 aromatic carbocycles. The van der Waals surface area contributed by atoms with Gasteiger partial charge in [0, 0.05) is 17.6 Å². The van der Waals surface area contributed by atoms with E-state index >= 15 is 0 Å². The molecule has 2 aromatic rings. The maximum atomic E-state index is 12.4. The van der Waals surface area contributed by atoms with Gasteiger partial charge in [0.2, 0.25) is 10.0 Å². The first-order valence-corrected chi connectivity index (χ1v) is 7.80. The summed E-state index contributed by atoms with van der Waals surface area (Å²) in [6.07, 6.45) is 2.43. The first-order chi connectivity index (χ1) is 8.95. The summed E-state index contributed by atoms with van der Waals surface area (Å²) in [6.45, 7) is 5.72. The molecule has 1 N–H and O–H groups in total. The fourth-order valence-corrected chi connectivity index (χ4v) is 3.46. The molecule has 0 aliphatic carbocycles. The van der Waals surface area contributed by atoms with Crippen molar-refractivity contribution in [2.75, 3.05) is 0 Å². The summed E-state index contributed by atoms with van der Waals surface area (Å²) < 4.78 is 27.5. The van der Waals surface area contributed by atoms with E-state index in [0.717, 1.165) is 17.5 Å². The van der Waals surface area contributed by atoms with E-state index in [2.05, 4.69) is 9.71 Å². The standard InChI is InChI=1S/C14H18N2O2S/c1-4-11(3)16-19(17,18)13-8-7-10(2)14-12(13)6-5-9-15-14/h5-9,11,16H,4H2,1-3H3. The second-order valence-corrected chi connectivity index (χ2v) is 6.39. The molecule has 0 spiro atoms. The fraction of sp³-hybridized carbons (Fsp3) is 0.357. The Kier molecular flexibility index (Phi) is 3.87. The molecule has 0 saturated heterocycles. The number of aryl methyl sites for hydroxylation is 1. The van der Waals surface area contributed by atoms with Gasteiger partial charge in [-0.25, -0.2) is 13.1 Å². The zero-order chi connectivity index (χ0) is 14.0. The van der Waals surface area contributed by atoms with Gasteiger partial charge in [-0.15, -0.1) is 0 Å². The quantitative estimate of drug-likeness (QED) is 0.935. The van der Waals surface area contributed by atoms with Crippen molar-refractivity contribution < 1.29 is 8.42 Å². The molecule has 4 nitrogen and oxygen atoms in total. The summed E-state index contributed by atoms with van der Waals surface area (Å²) in [4.78, 5) is 4.56. The highest BCUT2D eigenvalue weighted by Gasteiger charge is 2.19. The highest BCUT2D eigenvalue weighted by Crippen LogP contribution is 2.24. The van der Waals surface area contributed by atoms with Crippen LogP contribution in [0.4, 0.5) is 0 Å². The van der Waals surface area contributed by atoms with Crippen LogP contribution in [0.2, 0.25) is 0 Å². The highest BCUT2D eigenvalue weighted by atomic mass is 32.2. The SMILES string of the molecule is CCC(C)NS(=O)(=O)c1ccc(C)c2ncccc12. The summed E-state index contributed by atoms with van der Waals surface area (Å²) in [7, 11) is -3.50. The van der Waals surface area contributed by atoms with Gasteiger partial charge in [0.15, 0.2) is 0 Å². The molecule has 1 aromatic heterocycles. The average Bonchev–Trinajstić information content (AvgIpc) is 2.38. The van der Waals surface area contributed by atoms with E-state index in [1.807, 2.05) is 20.8 Å². The third-order valence-corrected chi connectivity index (χ3v) is 4.84. The number of benzene rings is 1. The van der Waals surface area contributed by atoms with Crippen molar-refractivity contribution in [2.24, 2.45) is 0 Å². The van der Waals surface area contributed by atoms with E-state index in [1.165, 1.54) is 0 Å². The number of sulfonamides is 1. The van der Waals surface area contributed by atoms with Crippen LogP contribution in [-0.2, 0) is 10.0 Å². The lowest BCUT2D eigenvalue weighted by Gasteiger charge is -2.14. The monoisotopic (exact) mass is 278 g/mol. The van der Waals surface area contributed by atoms with Gasteiger partial charge in [0.05, 0.1) is 10.4 Å². The lowest BCUT2D eigenvalue weighted by atomic mass is 10.1. The van der Waals surface area contributed by atoms with Crippen molar-refractivity contribution in [1.29, 1.82) is 0 Å². The maximum absolute atomic E-state index is 12.4. The Morgan fingerprint density at radius 3 is 2.74 bits per heavy atom. The van der Waals surface area contributed by atoms with Gasteiger partial charge < -0.3 is 0 Å². The van der Waals surface area contributed by atoms with E-state index in [-0.39, 0.29) is 6.04 Å². The van der Waals surface area contributed by atoms with Crippen LogP contribution in [0, 0.1) is 6.92 Å². The second-order valence-electron chi connectivity index (χ2n) is 4.71. The minimum atomic E-state index is -3.50. The minimum Gasteiger partial charge on any atom is -0.256 e. The van der Waals surface area contributed by atoms with Crippen molar-refractivity contribution in [3.63, 3.8) is 0 Å². The van der Waals surface area contributed by atoms with Gasteiger partial charge in [-0.05, 0) is 44.0 Å². The molecule has 0 saturated carbocycles. The van der Waals surface area contributed by atoms with E-state index in [9.17, 15) is 8.42 Å². The van der Waals surface area contributed by atoms with Crippen molar-refractivity contribution in [3.05, 3.63) is 36.0 Å². The van der Waals surface area contributed by atoms with Crippen molar-refractivity contribution in [2.45, 2.75) is 38.1 Å². The minimum absolute atomic E-state index is 0.0852. The number of nitrogens with one attached hydrogen (secondary N) is 1. The summed E-state index contributed by atoms with van der Waals surface area (Å²) in [5, 5.41) is 0.665. The molecular weight excluding hydrogens is 260 g/mol.